The molecule has 0 saturated heterocycles. The third-order valence-corrected chi connectivity index (χ3v) is 3.85. The zero-order valence-electron chi connectivity index (χ0n) is 12.6. The van der Waals surface area contributed by atoms with Crippen molar-refractivity contribution in [2.24, 2.45) is 0 Å². The number of rotatable bonds is 6. The molecular formula is C20H20F2. The number of hydrogen-bond acceptors (Lipinski definition) is 0. The number of allylic oxidation sites excluding steroid dienone is 8. The fraction of sp³-hybridized carbons (Fsp3) is 0.200. The van der Waals surface area contributed by atoms with Crippen molar-refractivity contribution in [2.45, 2.75) is 25.7 Å². The van der Waals surface area contributed by atoms with Gasteiger partial charge in [0.15, 0.2) is 11.7 Å². The second kappa shape index (κ2) is 7.69. The molecule has 0 aliphatic heterocycles. The molecule has 1 aliphatic carbocycles. The first-order valence-corrected chi connectivity index (χ1v) is 7.41. The molecule has 0 nitrogen and oxygen atoms in total. The van der Waals surface area contributed by atoms with E-state index in [9.17, 15) is 8.78 Å². The van der Waals surface area contributed by atoms with Crippen molar-refractivity contribution in [3.05, 3.63) is 95.7 Å². The van der Waals surface area contributed by atoms with Gasteiger partial charge in [-0.15, -0.1) is 0 Å². The van der Waals surface area contributed by atoms with E-state index in [4.69, 9.17) is 0 Å². The van der Waals surface area contributed by atoms with E-state index < -0.39 is 11.7 Å². The molecule has 1 aromatic rings. The second-order valence-electron chi connectivity index (χ2n) is 5.35. The van der Waals surface area contributed by atoms with E-state index >= 15 is 0 Å². The summed E-state index contributed by atoms with van der Waals surface area (Å²) in [6.07, 6.45) is 8.26. The largest absolute Gasteiger partial charge is 0.204 e. The van der Waals surface area contributed by atoms with Gasteiger partial charge in [-0.1, -0.05) is 61.2 Å². The zero-order chi connectivity index (χ0) is 15.9. The molecule has 0 aromatic heterocycles. The Bertz CT molecular complexity index is 646. The number of benzene rings is 1. The molecular weight excluding hydrogens is 278 g/mol. The van der Waals surface area contributed by atoms with Crippen molar-refractivity contribution < 1.29 is 8.78 Å². The van der Waals surface area contributed by atoms with Gasteiger partial charge in [0, 0.05) is 5.57 Å². The molecule has 2 rings (SSSR count). The van der Waals surface area contributed by atoms with Crippen LogP contribution in [0.2, 0.25) is 0 Å². The lowest BCUT2D eigenvalue weighted by atomic mass is 9.90. The summed E-state index contributed by atoms with van der Waals surface area (Å²) >= 11 is 0. The predicted octanol–water partition coefficient (Wildman–Crippen LogP) is 6.16. The molecule has 0 fully saturated rings. The van der Waals surface area contributed by atoms with Crippen molar-refractivity contribution in [2.75, 3.05) is 0 Å². The van der Waals surface area contributed by atoms with Crippen molar-refractivity contribution in [1.82, 2.24) is 0 Å². The third kappa shape index (κ3) is 4.14. The van der Waals surface area contributed by atoms with Crippen molar-refractivity contribution >= 4 is 0 Å². The molecule has 114 valence electrons. The normalized spacial score (nSPS) is 15.5. The quantitative estimate of drug-likeness (QED) is 0.552. The lowest BCUT2D eigenvalue weighted by Crippen LogP contribution is -1.99. The standard InChI is InChI=1S/C20H20F2/c1-3-19(21)20(22)15(2)18-13-11-17(12-14-18)10-9-16-7-5-4-6-8-16/h3-8,11,13H,1-2,9-10,12,14H2/b20-19-. The zero-order valence-corrected chi connectivity index (χ0v) is 12.6. The summed E-state index contributed by atoms with van der Waals surface area (Å²) in [7, 11) is 0. The van der Waals surface area contributed by atoms with Crippen LogP contribution < -0.4 is 0 Å². The molecule has 0 saturated carbocycles. The molecule has 2 heteroatoms. The molecule has 0 unspecified atom stereocenters. The number of halogens is 2. The Hall–Kier alpha value is -2.22. The maximum atomic E-state index is 13.7. The van der Waals surface area contributed by atoms with E-state index in [1.807, 2.05) is 30.4 Å². The number of hydrogen-bond donors (Lipinski definition) is 0. The van der Waals surface area contributed by atoms with Gasteiger partial charge in [0.25, 0.3) is 0 Å². The van der Waals surface area contributed by atoms with Gasteiger partial charge in [-0.25, -0.2) is 8.78 Å². The average Bonchev–Trinajstić information content (AvgIpc) is 2.59. The van der Waals surface area contributed by atoms with E-state index in [1.54, 1.807) is 0 Å². The third-order valence-electron chi connectivity index (χ3n) is 3.85. The maximum absolute atomic E-state index is 13.7. The van der Waals surface area contributed by atoms with Gasteiger partial charge in [-0.2, -0.15) is 0 Å². The Kier molecular flexibility index (Phi) is 5.65. The summed E-state index contributed by atoms with van der Waals surface area (Å²) in [5.74, 6) is -1.87. The fourth-order valence-corrected chi connectivity index (χ4v) is 2.46. The molecule has 0 bridgehead atoms. The van der Waals surface area contributed by atoms with Crippen molar-refractivity contribution in [3.63, 3.8) is 0 Å². The van der Waals surface area contributed by atoms with E-state index in [0.717, 1.165) is 30.9 Å². The first-order chi connectivity index (χ1) is 10.6. The Morgan fingerprint density at radius 3 is 2.36 bits per heavy atom. The maximum Gasteiger partial charge on any atom is 0.165 e. The monoisotopic (exact) mass is 298 g/mol. The van der Waals surface area contributed by atoms with Crippen LogP contribution in [0.5, 0.6) is 0 Å². The van der Waals surface area contributed by atoms with Crippen LogP contribution in [0.25, 0.3) is 0 Å². The first kappa shape index (κ1) is 16.2. The van der Waals surface area contributed by atoms with Crippen LogP contribution in [0.4, 0.5) is 8.78 Å². The summed E-state index contributed by atoms with van der Waals surface area (Å²) in [4.78, 5) is 0. The van der Waals surface area contributed by atoms with Crippen molar-refractivity contribution in [3.8, 4) is 0 Å². The minimum absolute atomic E-state index is 0.121. The van der Waals surface area contributed by atoms with Gasteiger partial charge in [0.05, 0.1) is 0 Å². The first-order valence-electron chi connectivity index (χ1n) is 7.41. The molecule has 0 spiro atoms. The van der Waals surface area contributed by atoms with Gasteiger partial charge >= 0.3 is 0 Å². The van der Waals surface area contributed by atoms with Crippen LogP contribution in [0.3, 0.4) is 0 Å². The van der Waals surface area contributed by atoms with Crippen LogP contribution >= 0.6 is 0 Å². The van der Waals surface area contributed by atoms with E-state index in [1.165, 1.54) is 11.1 Å². The Balaban J connectivity index is 1.99. The van der Waals surface area contributed by atoms with Gasteiger partial charge < -0.3 is 0 Å². The Labute approximate surface area is 130 Å². The molecule has 22 heavy (non-hydrogen) atoms. The molecule has 0 amide bonds. The summed E-state index contributed by atoms with van der Waals surface area (Å²) in [6, 6.07) is 10.3. The lowest BCUT2D eigenvalue weighted by Gasteiger charge is -2.16. The van der Waals surface area contributed by atoms with E-state index in [2.05, 4.69) is 25.3 Å². The van der Waals surface area contributed by atoms with E-state index in [-0.39, 0.29) is 5.57 Å². The van der Waals surface area contributed by atoms with Crippen LogP contribution in [0.15, 0.2) is 90.1 Å². The van der Waals surface area contributed by atoms with Crippen LogP contribution in [0.1, 0.15) is 24.8 Å². The fourth-order valence-electron chi connectivity index (χ4n) is 2.46. The van der Waals surface area contributed by atoms with Gasteiger partial charge in [-0.3, -0.25) is 0 Å². The summed E-state index contributed by atoms with van der Waals surface area (Å²) in [5, 5.41) is 0. The Morgan fingerprint density at radius 2 is 1.77 bits per heavy atom. The Morgan fingerprint density at radius 1 is 1.05 bits per heavy atom. The lowest BCUT2D eigenvalue weighted by molar-refractivity contribution is 0.564. The highest BCUT2D eigenvalue weighted by atomic mass is 19.2. The SMILES string of the molecule is C=C/C(F)=C(/F)C(=C)C1=CC=C(CCc2ccccc2)CC1. The molecule has 1 aliphatic rings. The highest BCUT2D eigenvalue weighted by Crippen LogP contribution is 2.31. The van der Waals surface area contributed by atoms with Crippen molar-refractivity contribution in [1.29, 1.82) is 0 Å². The smallest absolute Gasteiger partial charge is 0.165 e. The predicted molar refractivity (Wildman–Crippen MR) is 88.7 cm³/mol. The van der Waals surface area contributed by atoms with Gasteiger partial charge in [0.2, 0.25) is 0 Å². The van der Waals surface area contributed by atoms with E-state index in [0.29, 0.717) is 6.42 Å². The number of aryl methyl sites for hydroxylation is 1. The molecule has 0 radical (unpaired) electrons. The summed E-state index contributed by atoms with van der Waals surface area (Å²) in [5.41, 5.74) is 3.51. The molecule has 0 heterocycles. The minimum atomic E-state index is -0.954. The highest BCUT2D eigenvalue weighted by molar-refractivity contribution is 5.47. The second-order valence-corrected chi connectivity index (χ2v) is 5.35. The van der Waals surface area contributed by atoms with Crippen LogP contribution in [0, 0.1) is 0 Å². The topological polar surface area (TPSA) is 0 Å². The molecule has 0 N–H and O–H groups in total. The van der Waals surface area contributed by atoms with Crippen LogP contribution in [-0.4, -0.2) is 0 Å². The van der Waals surface area contributed by atoms with Crippen LogP contribution in [-0.2, 0) is 6.42 Å². The summed E-state index contributed by atoms with van der Waals surface area (Å²) < 4.78 is 26.9. The van der Waals surface area contributed by atoms with Gasteiger partial charge in [0.1, 0.15) is 0 Å². The molecule has 0 atom stereocenters. The van der Waals surface area contributed by atoms with Gasteiger partial charge in [-0.05, 0) is 42.9 Å². The highest BCUT2D eigenvalue weighted by Gasteiger charge is 2.15. The average molecular weight is 298 g/mol. The minimum Gasteiger partial charge on any atom is -0.204 e. The summed E-state index contributed by atoms with van der Waals surface area (Å²) in [6.45, 7) is 6.88. The molecule has 1 aromatic carbocycles.